The van der Waals surface area contributed by atoms with E-state index in [9.17, 15) is 0 Å². The first-order valence-corrected chi connectivity index (χ1v) is 6.05. The van der Waals surface area contributed by atoms with Crippen molar-refractivity contribution in [2.45, 2.75) is 45.6 Å². The van der Waals surface area contributed by atoms with Crippen LogP contribution in [-0.4, -0.2) is 25.8 Å². The van der Waals surface area contributed by atoms with Crippen molar-refractivity contribution in [3.8, 4) is 0 Å². The highest BCUT2D eigenvalue weighted by atomic mass is 16.5. The van der Waals surface area contributed by atoms with Gasteiger partial charge in [0.2, 0.25) is 0 Å². The predicted octanol–water partition coefficient (Wildman–Crippen LogP) is 2.19. The third kappa shape index (κ3) is 2.71. The van der Waals surface area contributed by atoms with Crippen molar-refractivity contribution in [1.29, 1.82) is 0 Å². The molecule has 0 amide bonds. The molecule has 0 radical (unpaired) electrons. The monoisotopic (exact) mass is 197 g/mol. The van der Waals surface area contributed by atoms with Gasteiger partial charge in [-0.1, -0.05) is 0 Å². The number of nitrogens with one attached hydrogen (secondary N) is 1. The minimum atomic E-state index is 0.370. The number of hydrogen-bond donors (Lipinski definition) is 1. The average molecular weight is 197 g/mol. The molecule has 2 heteroatoms. The third-order valence-electron chi connectivity index (χ3n) is 3.54. The Labute approximate surface area is 87.4 Å². The molecule has 82 valence electrons. The Hall–Kier alpha value is -0.0800. The molecule has 2 aliphatic carbocycles. The maximum Gasteiger partial charge on any atom is 0.0594 e. The van der Waals surface area contributed by atoms with E-state index >= 15 is 0 Å². The summed E-state index contributed by atoms with van der Waals surface area (Å²) in [6.45, 7) is 7.29. The Morgan fingerprint density at radius 1 is 1.36 bits per heavy atom. The fraction of sp³-hybridized carbons (Fsp3) is 1.00. The highest BCUT2D eigenvalue weighted by Crippen LogP contribution is 2.60. The van der Waals surface area contributed by atoms with E-state index in [1.165, 1.54) is 32.2 Å². The molecule has 2 nitrogen and oxygen atoms in total. The van der Waals surface area contributed by atoms with Crippen LogP contribution < -0.4 is 5.32 Å². The molecule has 2 rings (SSSR count). The molecular formula is C12H23NO. The van der Waals surface area contributed by atoms with Gasteiger partial charge < -0.3 is 10.1 Å². The Morgan fingerprint density at radius 2 is 2.07 bits per heavy atom. The number of hydrogen-bond acceptors (Lipinski definition) is 2. The molecule has 0 aromatic rings. The van der Waals surface area contributed by atoms with E-state index in [1.54, 1.807) is 0 Å². The molecule has 0 aromatic carbocycles. The van der Waals surface area contributed by atoms with Crippen molar-refractivity contribution in [1.82, 2.24) is 5.32 Å². The quantitative estimate of drug-likeness (QED) is 0.632. The SMILES string of the molecule is CC(C)OCCNCC1(C2CC2)CC1. The van der Waals surface area contributed by atoms with Gasteiger partial charge in [0.15, 0.2) is 0 Å². The first-order valence-electron chi connectivity index (χ1n) is 6.05. The Morgan fingerprint density at radius 3 is 2.57 bits per heavy atom. The Bertz CT molecular complexity index is 183. The summed E-state index contributed by atoms with van der Waals surface area (Å²) in [4.78, 5) is 0. The van der Waals surface area contributed by atoms with Crippen LogP contribution in [0.15, 0.2) is 0 Å². The van der Waals surface area contributed by atoms with Crippen LogP contribution in [0.5, 0.6) is 0 Å². The lowest BCUT2D eigenvalue weighted by atomic mass is 10.0. The smallest absolute Gasteiger partial charge is 0.0594 e. The second kappa shape index (κ2) is 4.19. The fourth-order valence-corrected chi connectivity index (χ4v) is 2.29. The van der Waals surface area contributed by atoms with Gasteiger partial charge >= 0.3 is 0 Å². The highest BCUT2D eigenvalue weighted by Gasteiger charge is 2.52. The minimum absolute atomic E-state index is 0.370. The predicted molar refractivity (Wildman–Crippen MR) is 58.3 cm³/mol. The minimum Gasteiger partial charge on any atom is -0.377 e. The van der Waals surface area contributed by atoms with Crippen molar-refractivity contribution >= 4 is 0 Å². The summed E-state index contributed by atoms with van der Waals surface area (Å²) in [5.41, 5.74) is 0.734. The van der Waals surface area contributed by atoms with Gasteiger partial charge in [-0.15, -0.1) is 0 Å². The van der Waals surface area contributed by atoms with E-state index in [4.69, 9.17) is 4.74 Å². The van der Waals surface area contributed by atoms with Gasteiger partial charge in [0.25, 0.3) is 0 Å². The highest BCUT2D eigenvalue weighted by molar-refractivity contribution is 5.04. The summed E-state index contributed by atoms with van der Waals surface area (Å²) >= 11 is 0. The third-order valence-corrected chi connectivity index (χ3v) is 3.54. The first kappa shape index (κ1) is 10.4. The molecule has 0 aliphatic heterocycles. The fourth-order valence-electron chi connectivity index (χ4n) is 2.29. The number of ether oxygens (including phenoxy) is 1. The van der Waals surface area contributed by atoms with Crippen molar-refractivity contribution in [3.63, 3.8) is 0 Å². The van der Waals surface area contributed by atoms with Crippen LogP contribution in [0.25, 0.3) is 0 Å². The summed E-state index contributed by atoms with van der Waals surface area (Å²) < 4.78 is 5.49. The second-order valence-electron chi connectivity index (χ2n) is 5.23. The molecule has 0 unspecified atom stereocenters. The zero-order chi connectivity index (χ0) is 10.0. The standard InChI is InChI=1S/C12H23NO/c1-10(2)14-8-7-13-9-12(5-6-12)11-3-4-11/h10-11,13H,3-9H2,1-2H3. The lowest BCUT2D eigenvalue weighted by Gasteiger charge is -2.15. The van der Waals surface area contributed by atoms with Crippen LogP contribution in [0.3, 0.4) is 0 Å². The molecule has 0 spiro atoms. The van der Waals surface area contributed by atoms with Gasteiger partial charge in [-0.05, 0) is 50.9 Å². The van der Waals surface area contributed by atoms with Crippen molar-refractivity contribution in [2.24, 2.45) is 11.3 Å². The maximum atomic E-state index is 5.49. The van der Waals surface area contributed by atoms with Gasteiger partial charge in [0, 0.05) is 13.1 Å². The van der Waals surface area contributed by atoms with Gasteiger partial charge in [0.1, 0.15) is 0 Å². The van der Waals surface area contributed by atoms with Crippen LogP contribution in [0.1, 0.15) is 39.5 Å². The second-order valence-corrected chi connectivity index (χ2v) is 5.23. The average Bonchev–Trinajstić information content (AvgIpc) is 2.98. The Kier molecular flexibility index (Phi) is 3.13. The molecule has 0 bridgehead atoms. The van der Waals surface area contributed by atoms with Crippen LogP contribution in [0, 0.1) is 11.3 Å². The van der Waals surface area contributed by atoms with E-state index in [0.29, 0.717) is 6.10 Å². The van der Waals surface area contributed by atoms with E-state index in [0.717, 1.165) is 24.5 Å². The largest absolute Gasteiger partial charge is 0.377 e. The van der Waals surface area contributed by atoms with Gasteiger partial charge in [-0.2, -0.15) is 0 Å². The molecule has 2 aliphatic rings. The topological polar surface area (TPSA) is 21.3 Å². The van der Waals surface area contributed by atoms with E-state index in [-0.39, 0.29) is 0 Å². The van der Waals surface area contributed by atoms with Crippen LogP contribution >= 0.6 is 0 Å². The van der Waals surface area contributed by atoms with E-state index in [2.05, 4.69) is 19.2 Å². The molecule has 14 heavy (non-hydrogen) atoms. The maximum absolute atomic E-state index is 5.49. The lowest BCUT2D eigenvalue weighted by Crippen LogP contribution is -2.29. The van der Waals surface area contributed by atoms with Crippen molar-refractivity contribution in [2.75, 3.05) is 19.7 Å². The molecular weight excluding hydrogens is 174 g/mol. The summed E-state index contributed by atoms with van der Waals surface area (Å²) in [5.74, 6) is 1.07. The molecule has 0 atom stereocenters. The van der Waals surface area contributed by atoms with Gasteiger partial charge in [0.05, 0.1) is 12.7 Å². The van der Waals surface area contributed by atoms with Crippen molar-refractivity contribution in [3.05, 3.63) is 0 Å². The van der Waals surface area contributed by atoms with Gasteiger partial charge in [-0.3, -0.25) is 0 Å². The normalized spacial score (nSPS) is 24.2. The zero-order valence-electron chi connectivity index (χ0n) is 9.51. The molecule has 0 aromatic heterocycles. The van der Waals surface area contributed by atoms with E-state index in [1.807, 2.05) is 0 Å². The molecule has 0 heterocycles. The van der Waals surface area contributed by atoms with Crippen LogP contribution in [0.2, 0.25) is 0 Å². The number of rotatable bonds is 7. The Balaban J connectivity index is 1.51. The van der Waals surface area contributed by atoms with E-state index < -0.39 is 0 Å². The van der Waals surface area contributed by atoms with Crippen molar-refractivity contribution < 1.29 is 4.74 Å². The molecule has 1 N–H and O–H groups in total. The molecule has 2 saturated carbocycles. The van der Waals surface area contributed by atoms with Crippen LogP contribution in [-0.2, 0) is 4.74 Å². The van der Waals surface area contributed by atoms with Gasteiger partial charge in [-0.25, -0.2) is 0 Å². The van der Waals surface area contributed by atoms with Crippen LogP contribution in [0.4, 0.5) is 0 Å². The molecule has 0 saturated heterocycles. The first-order chi connectivity index (χ1) is 6.73. The lowest BCUT2D eigenvalue weighted by molar-refractivity contribution is 0.0800. The summed E-state index contributed by atoms with van der Waals surface area (Å²) in [6, 6.07) is 0. The molecule has 2 fully saturated rings. The summed E-state index contributed by atoms with van der Waals surface area (Å²) in [6.07, 6.45) is 6.29. The summed E-state index contributed by atoms with van der Waals surface area (Å²) in [5, 5.41) is 3.54. The zero-order valence-corrected chi connectivity index (χ0v) is 9.51. The summed E-state index contributed by atoms with van der Waals surface area (Å²) in [7, 11) is 0.